The quantitative estimate of drug-likeness (QED) is 0.491. The van der Waals surface area contributed by atoms with Crippen molar-refractivity contribution in [1.29, 1.82) is 5.26 Å². The molecular formula is C28H29FN6O2. The summed E-state index contributed by atoms with van der Waals surface area (Å²) in [7, 11) is 1.78. The molecule has 2 N–H and O–H groups in total. The number of benzene rings is 2. The van der Waals surface area contributed by atoms with E-state index in [1.54, 1.807) is 48.5 Å². The molecule has 1 aromatic heterocycles. The summed E-state index contributed by atoms with van der Waals surface area (Å²) in [5.74, 6) is -0.352. The number of nitrogens with one attached hydrogen (secondary N) is 2. The van der Waals surface area contributed by atoms with E-state index in [1.165, 1.54) is 12.1 Å². The Morgan fingerprint density at radius 3 is 2.57 bits per heavy atom. The van der Waals surface area contributed by atoms with Crippen LogP contribution in [0.3, 0.4) is 0 Å². The third-order valence-electron chi connectivity index (χ3n) is 6.50. The lowest BCUT2D eigenvalue weighted by atomic mass is 9.98. The first kappa shape index (κ1) is 25.8. The van der Waals surface area contributed by atoms with Gasteiger partial charge in [-0.1, -0.05) is 31.2 Å². The van der Waals surface area contributed by atoms with Gasteiger partial charge in [-0.3, -0.25) is 9.59 Å². The summed E-state index contributed by atoms with van der Waals surface area (Å²) in [5, 5.41) is 15.1. The first-order valence-electron chi connectivity index (χ1n) is 12.1. The molecule has 1 saturated heterocycles. The van der Waals surface area contributed by atoms with Gasteiger partial charge < -0.3 is 20.4 Å². The summed E-state index contributed by atoms with van der Waals surface area (Å²) in [6, 6.07) is 18.0. The zero-order valence-electron chi connectivity index (χ0n) is 20.8. The molecule has 37 heavy (non-hydrogen) atoms. The average Bonchev–Trinajstić information content (AvgIpc) is 2.91. The van der Waals surface area contributed by atoms with Crippen molar-refractivity contribution >= 4 is 23.3 Å². The zero-order chi connectivity index (χ0) is 26.4. The van der Waals surface area contributed by atoms with Crippen molar-refractivity contribution in [2.75, 3.05) is 43.4 Å². The van der Waals surface area contributed by atoms with Crippen molar-refractivity contribution in [3.8, 4) is 6.07 Å². The molecule has 1 fully saturated rings. The molecule has 0 saturated carbocycles. The molecule has 3 aromatic rings. The molecule has 4 rings (SSSR count). The second-order valence-corrected chi connectivity index (χ2v) is 9.16. The van der Waals surface area contributed by atoms with Crippen LogP contribution in [-0.4, -0.2) is 54.9 Å². The number of hydrogen-bond acceptors (Lipinski definition) is 6. The summed E-state index contributed by atoms with van der Waals surface area (Å²) >= 11 is 0. The highest BCUT2D eigenvalue weighted by atomic mass is 19.1. The number of nitrogens with zero attached hydrogens (tertiary/aromatic N) is 4. The smallest absolute Gasteiger partial charge is 0.247 e. The van der Waals surface area contributed by atoms with Gasteiger partial charge in [0.05, 0.1) is 30.1 Å². The number of piperazine rings is 1. The van der Waals surface area contributed by atoms with E-state index in [4.69, 9.17) is 5.26 Å². The second-order valence-electron chi connectivity index (χ2n) is 9.16. The van der Waals surface area contributed by atoms with Crippen LogP contribution < -0.4 is 15.5 Å². The molecule has 8 nitrogen and oxygen atoms in total. The lowest BCUT2D eigenvalue weighted by Crippen LogP contribution is -2.48. The van der Waals surface area contributed by atoms with Gasteiger partial charge >= 0.3 is 0 Å². The van der Waals surface area contributed by atoms with Crippen LogP contribution in [0.25, 0.3) is 0 Å². The maximum absolute atomic E-state index is 14.0. The maximum Gasteiger partial charge on any atom is 0.247 e. The van der Waals surface area contributed by atoms with Gasteiger partial charge in [0.25, 0.3) is 0 Å². The fraction of sp³-hybridized carbons (Fsp3) is 0.286. The Morgan fingerprint density at radius 2 is 1.92 bits per heavy atom. The molecule has 1 aliphatic heterocycles. The summed E-state index contributed by atoms with van der Waals surface area (Å²) in [6.07, 6.45) is 1.63. The van der Waals surface area contributed by atoms with Gasteiger partial charge in [-0.25, -0.2) is 9.37 Å². The number of aromatic nitrogens is 1. The predicted molar refractivity (Wildman–Crippen MR) is 139 cm³/mol. The van der Waals surface area contributed by atoms with Crippen molar-refractivity contribution < 1.29 is 14.0 Å². The standard InChI is InChI=1S/C28H29FN6O2/c1-19(21-8-6-20(15-30)7-9-21)16-32-27(22-4-3-5-23(29)14-22)28(37)33-25-11-10-24(17-31-25)35-13-12-34(2)26(36)18-35/h3-11,14,17,19,27,32H,12-13,16,18H2,1-2H3,(H,31,33,37)/t19?,27-/m0/s1. The molecule has 2 aromatic carbocycles. The van der Waals surface area contributed by atoms with E-state index in [0.717, 1.165) is 11.3 Å². The molecule has 2 atom stereocenters. The van der Waals surface area contributed by atoms with E-state index in [-0.39, 0.29) is 24.3 Å². The number of likely N-dealkylation sites (N-methyl/N-ethyl adjacent to an activating group) is 1. The van der Waals surface area contributed by atoms with E-state index in [9.17, 15) is 14.0 Å². The van der Waals surface area contributed by atoms with Crippen LogP contribution in [0.2, 0.25) is 0 Å². The highest BCUT2D eigenvalue weighted by Crippen LogP contribution is 2.22. The average molecular weight is 501 g/mol. The largest absolute Gasteiger partial charge is 0.359 e. The molecular weight excluding hydrogens is 471 g/mol. The number of anilines is 2. The van der Waals surface area contributed by atoms with E-state index in [2.05, 4.69) is 21.7 Å². The number of pyridine rings is 1. The Kier molecular flexibility index (Phi) is 8.11. The van der Waals surface area contributed by atoms with Gasteiger partial charge in [-0.15, -0.1) is 0 Å². The second kappa shape index (κ2) is 11.6. The normalized spacial score (nSPS) is 15.1. The molecule has 0 aliphatic carbocycles. The first-order chi connectivity index (χ1) is 17.8. The molecule has 9 heteroatoms. The van der Waals surface area contributed by atoms with Crippen LogP contribution in [0.1, 0.15) is 35.6 Å². The highest BCUT2D eigenvalue weighted by molar-refractivity contribution is 5.95. The van der Waals surface area contributed by atoms with E-state index in [0.29, 0.717) is 36.6 Å². The molecule has 0 spiro atoms. The summed E-state index contributed by atoms with van der Waals surface area (Å²) in [4.78, 5) is 33.3. The van der Waals surface area contributed by atoms with Gasteiger partial charge in [0.1, 0.15) is 17.7 Å². The van der Waals surface area contributed by atoms with Crippen molar-refractivity contribution in [1.82, 2.24) is 15.2 Å². The number of carbonyl (C=O) groups excluding carboxylic acids is 2. The first-order valence-corrected chi connectivity index (χ1v) is 12.1. The highest BCUT2D eigenvalue weighted by Gasteiger charge is 2.24. The van der Waals surface area contributed by atoms with E-state index >= 15 is 0 Å². The summed E-state index contributed by atoms with van der Waals surface area (Å²) in [6.45, 7) is 4.09. The fourth-order valence-corrected chi connectivity index (χ4v) is 4.17. The predicted octanol–water partition coefficient (Wildman–Crippen LogP) is 3.44. The monoisotopic (exact) mass is 500 g/mol. The SMILES string of the molecule is CC(CN[C@H](C(=O)Nc1ccc(N2CCN(C)C(=O)C2)cn1)c1cccc(F)c1)c1ccc(C#N)cc1. The van der Waals surface area contributed by atoms with E-state index in [1.807, 2.05) is 30.0 Å². The van der Waals surface area contributed by atoms with Crippen molar-refractivity contribution in [3.63, 3.8) is 0 Å². The van der Waals surface area contributed by atoms with Crippen molar-refractivity contribution in [2.45, 2.75) is 18.9 Å². The van der Waals surface area contributed by atoms with Crippen LogP contribution in [-0.2, 0) is 9.59 Å². The van der Waals surface area contributed by atoms with Crippen molar-refractivity contribution in [2.24, 2.45) is 0 Å². The van der Waals surface area contributed by atoms with Crippen LogP contribution in [0, 0.1) is 17.1 Å². The molecule has 2 amide bonds. The number of carbonyl (C=O) groups is 2. The number of hydrogen-bond donors (Lipinski definition) is 2. The molecule has 1 unspecified atom stereocenters. The number of rotatable bonds is 8. The maximum atomic E-state index is 14.0. The topological polar surface area (TPSA) is 101 Å². The third-order valence-corrected chi connectivity index (χ3v) is 6.50. The Labute approximate surface area is 215 Å². The minimum absolute atomic E-state index is 0.0420. The molecule has 2 heterocycles. The lowest BCUT2D eigenvalue weighted by Gasteiger charge is -2.33. The molecule has 1 aliphatic rings. The minimum Gasteiger partial charge on any atom is -0.359 e. The molecule has 0 bridgehead atoms. The van der Waals surface area contributed by atoms with Gasteiger partial charge in [-0.05, 0) is 53.4 Å². The fourth-order valence-electron chi connectivity index (χ4n) is 4.17. The Morgan fingerprint density at radius 1 is 1.14 bits per heavy atom. The van der Waals surface area contributed by atoms with Crippen LogP contribution in [0.4, 0.5) is 15.9 Å². The van der Waals surface area contributed by atoms with Crippen LogP contribution in [0.15, 0.2) is 66.9 Å². The van der Waals surface area contributed by atoms with Gasteiger partial charge in [-0.2, -0.15) is 5.26 Å². The van der Waals surface area contributed by atoms with Crippen LogP contribution in [0.5, 0.6) is 0 Å². The third kappa shape index (κ3) is 6.48. The zero-order valence-corrected chi connectivity index (χ0v) is 20.8. The van der Waals surface area contributed by atoms with E-state index < -0.39 is 11.9 Å². The Hall–Kier alpha value is -4.29. The molecule has 0 radical (unpaired) electrons. The molecule has 190 valence electrons. The van der Waals surface area contributed by atoms with Gasteiger partial charge in [0.2, 0.25) is 11.8 Å². The number of amides is 2. The van der Waals surface area contributed by atoms with Gasteiger partial charge in [0.15, 0.2) is 0 Å². The lowest BCUT2D eigenvalue weighted by molar-refractivity contribution is -0.129. The van der Waals surface area contributed by atoms with Crippen molar-refractivity contribution in [3.05, 3.63) is 89.4 Å². The Balaban J connectivity index is 1.45. The minimum atomic E-state index is -0.812. The number of halogens is 1. The van der Waals surface area contributed by atoms with Crippen LogP contribution >= 0.6 is 0 Å². The summed E-state index contributed by atoms with van der Waals surface area (Å²) in [5.41, 5.74) is 2.90. The Bertz CT molecular complexity index is 1290. The van der Waals surface area contributed by atoms with Gasteiger partial charge in [0, 0.05) is 26.7 Å². The number of nitriles is 1. The summed E-state index contributed by atoms with van der Waals surface area (Å²) < 4.78 is 14.0.